The standard InChI is InChI=1S/C30H46O4.C17H19N3O3S/c1-25(2)21-8-11-30(7)23(28(21,5)10-9-22(25)32)20(31)16-18-19-17-27(4,24(33)34)13-12-26(19,3)14-15-29(18,30)6;1-10-8-18-15(11(2)16(10)23-4)9-24(21)17-19-13-6-5-12(22-3)7-14(13)20-17/h16,19,21-23,32H,8-15,17H2,1-7H3,(H,33,34);5-8H,9H2,1-4H3,(H,19,20)/t19-,21-,22-,23+,26+,27-,28-,29+,30+;/m0./s1. The number of aromatic nitrogens is 3. The summed E-state index contributed by atoms with van der Waals surface area (Å²) in [5.74, 6) is 1.85. The molecule has 58 heavy (non-hydrogen) atoms. The highest BCUT2D eigenvalue weighted by Crippen LogP contribution is 2.75. The van der Waals surface area contributed by atoms with Gasteiger partial charge in [-0.15, -0.1) is 0 Å². The molecule has 0 radical (unpaired) electrons. The van der Waals surface area contributed by atoms with E-state index in [0.29, 0.717) is 17.5 Å². The number of hydrogen-bond acceptors (Lipinski definition) is 8. The molecule has 0 saturated heterocycles. The van der Waals surface area contributed by atoms with Crippen LogP contribution in [-0.2, 0) is 26.1 Å². The summed E-state index contributed by atoms with van der Waals surface area (Å²) in [5, 5.41) is 21.3. The summed E-state index contributed by atoms with van der Waals surface area (Å²) in [6.45, 7) is 19.7. The first kappa shape index (κ1) is 42.6. The van der Waals surface area contributed by atoms with Gasteiger partial charge in [0.15, 0.2) is 10.9 Å². The highest BCUT2D eigenvalue weighted by Gasteiger charge is 2.70. The highest BCUT2D eigenvalue weighted by atomic mass is 32.2. The van der Waals surface area contributed by atoms with Crippen LogP contribution in [0.4, 0.5) is 0 Å². The Morgan fingerprint density at radius 1 is 0.966 bits per heavy atom. The fraction of sp³-hybridized carbons (Fsp3) is 0.660. The Morgan fingerprint density at radius 2 is 1.67 bits per heavy atom. The molecule has 0 spiro atoms. The summed E-state index contributed by atoms with van der Waals surface area (Å²) in [6.07, 6.45) is 11.7. The van der Waals surface area contributed by atoms with Crippen LogP contribution in [0, 0.1) is 64.1 Å². The van der Waals surface area contributed by atoms with Crippen LogP contribution in [-0.4, -0.2) is 61.5 Å². The van der Waals surface area contributed by atoms with Crippen LogP contribution in [0.5, 0.6) is 11.5 Å². The maximum Gasteiger partial charge on any atom is 0.309 e. The second kappa shape index (κ2) is 14.6. The molecule has 0 bridgehead atoms. The van der Waals surface area contributed by atoms with Crippen LogP contribution in [0.25, 0.3) is 11.0 Å². The van der Waals surface area contributed by atoms with Gasteiger partial charge in [-0.3, -0.25) is 18.8 Å². The molecule has 2 aromatic heterocycles. The lowest BCUT2D eigenvalue weighted by molar-refractivity contribution is -0.202. The van der Waals surface area contributed by atoms with Crippen molar-refractivity contribution in [1.29, 1.82) is 0 Å². The van der Waals surface area contributed by atoms with Crippen molar-refractivity contribution in [3.63, 3.8) is 0 Å². The number of aryl methyl sites for hydroxylation is 1. The number of carbonyl (C=O) groups is 2. The van der Waals surface area contributed by atoms with Crippen molar-refractivity contribution in [2.75, 3.05) is 14.2 Å². The predicted molar refractivity (Wildman–Crippen MR) is 226 cm³/mol. The van der Waals surface area contributed by atoms with Gasteiger partial charge >= 0.3 is 5.97 Å². The summed E-state index contributed by atoms with van der Waals surface area (Å²) in [7, 11) is 1.91. The molecule has 4 saturated carbocycles. The number of pyridine rings is 1. The van der Waals surface area contributed by atoms with Crippen LogP contribution >= 0.6 is 0 Å². The van der Waals surface area contributed by atoms with E-state index in [1.165, 1.54) is 5.57 Å². The Labute approximate surface area is 346 Å². The summed E-state index contributed by atoms with van der Waals surface area (Å²) in [4.78, 5) is 38.3. The molecule has 11 heteroatoms. The van der Waals surface area contributed by atoms with Gasteiger partial charge in [-0.25, -0.2) is 4.98 Å². The van der Waals surface area contributed by atoms with Gasteiger partial charge in [0.1, 0.15) is 11.5 Å². The minimum absolute atomic E-state index is 0.0296. The number of methoxy groups -OCH3 is 2. The van der Waals surface area contributed by atoms with Crippen molar-refractivity contribution in [2.45, 2.75) is 137 Å². The molecule has 2 heterocycles. The smallest absolute Gasteiger partial charge is 0.309 e. The van der Waals surface area contributed by atoms with Gasteiger partial charge < -0.3 is 24.7 Å². The lowest BCUT2D eigenvalue weighted by Crippen LogP contribution is -2.66. The van der Waals surface area contributed by atoms with Crippen LogP contribution in [0.2, 0.25) is 0 Å². The number of ketones is 1. The SMILES string of the molecule is CC1(C)[C@@H](O)CC[C@]2(C)[C@H]3C(=O)C=C4[C@@H]5C[C@@](C)(C(=O)O)CC[C@]5(C)CC[C@@]4(C)[C@]3(C)CC[C@@H]12.COc1ccc2nc(S(=O)Cc3ncc(C)c(OC)c3C)[nH]c2c1. The molecule has 0 amide bonds. The van der Waals surface area contributed by atoms with E-state index in [1.807, 2.05) is 45.0 Å². The van der Waals surface area contributed by atoms with E-state index in [-0.39, 0.29) is 56.6 Å². The van der Waals surface area contributed by atoms with Gasteiger partial charge in [-0.1, -0.05) is 47.1 Å². The molecule has 5 aliphatic rings. The zero-order chi connectivity index (χ0) is 42.4. The third kappa shape index (κ3) is 6.47. The van der Waals surface area contributed by atoms with E-state index in [0.717, 1.165) is 90.7 Å². The number of ether oxygens (including phenoxy) is 2. The van der Waals surface area contributed by atoms with E-state index < -0.39 is 22.2 Å². The predicted octanol–water partition coefficient (Wildman–Crippen LogP) is 9.31. The first-order valence-corrected chi connectivity index (χ1v) is 22.5. The number of carbonyl (C=O) groups excluding carboxylic acids is 1. The molecule has 8 rings (SSSR count). The summed E-state index contributed by atoms with van der Waals surface area (Å²) >= 11 is 0. The summed E-state index contributed by atoms with van der Waals surface area (Å²) < 4.78 is 23.3. The zero-order valence-electron chi connectivity index (χ0n) is 36.5. The van der Waals surface area contributed by atoms with Gasteiger partial charge in [0.05, 0.1) is 59.0 Å². The van der Waals surface area contributed by atoms with Gasteiger partial charge in [-0.05, 0) is 136 Å². The normalized spacial score (nSPS) is 36.8. The number of H-pyrrole nitrogens is 1. The van der Waals surface area contributed by atoms with Gasteiger partial charge in [0.25, 0.3) is 0 Å². The molecule has 5 aliphatic carbocycles. The maximum absolute atomic E-state index is 14.2. The Hall–Kier alpha value is -3.57. The zero-order valence-corrected chi connectivity index (χ0v) is 37.3. The van der Waals surface area contributed by atoms with Gasteiger partial charge in [0.2, 0.25) is 0 Å². The number of aliphatic hydroxyl groups is 1. The third-order valence-electron chi connectivity index (χ3n) is 17.0. The lowest BCUT2D eigenvalue weighted by atomic mass is 9.33. The molecule has 10 atom stereocenters. The number of aromatic amines is 1. The number of fused-ring (bicyclic) bond motifs is 8. The molecular formula is C47H65N3O7S. The average Bonchev–Trinajstić information content (AvgIpc) is 3.60. The van der Waals surface area contributed by atoms with Crippen molar-refractivity contribution < 1.29 is 33.5 Å². The second-order valence-corrected chi connectivity index (χ2v) is 21.8. The Kier molecular flexibility index (Phi) is 10.7. The first-order chi connectivity index (χ1) is 27.1. The van der Waals surface area contributed by atoms with Crippen LogP contribution in [0.15, 0.2) is 41.2 Å². The minimum atomic E-state index is -1.33. The number of imidazole rings is 1. The monoisotopic (exact) mass is 815 g/mol. The van der Waals surface area contributed by atoms with Crippen LogP contribution < -0.4 is 9.47 Å². The molecule has 0 aliphatic heterocycles. The molecule has 316 valence electrons. The lowest BCUT2D eigenvalue weighted by Gasteiger charge is -2.70. The maximum atomic E-state index is 14.2. The average molecular weight is 816 g/mol. The molecule has 1 aromatic carbocycles. The number of nitrogens with one attached hydrogen (secondary N) is 1. The largest absolute Gasteiger partial charge is 0.497 e. The molecule has 3 N–H and O–H groups in total. The van der Waals surface area contributed by atoms with Crippen molar-refractivity contribution in [3.8, 4) is 11.5 Å². The third-order valence-corrected chi connectivity index (χ3v) is 18.1. The molecule has 4 fully saturated rings. The van der Waals surface area contributed by atoms with Gasteiger partial charge in [-0.2, -0.15) is 0 Å². The number of allylic oxidation sites excluding steroid dienone is 2. The number of aliphatic carboxylic acids is 1. The number of hydrogen-bond donors (Lipinski definition) is 3. The number of rotatable bonds is 6. The number of carboxylic acid groups (broad SMARTS) is 1. The fourth-order valence-corrected chi connectivity index (χ4v) is 14.1. The molecule has 1 unspecified atom stereocenters. The van der Waals surface area contributed by atoms with E-state index in [1.54, 1.807) is 20.4 Å². The Bertz CT molecular complexity index is 2200. The quantitative estimate of drug-likeness (QED) is 0.221. The number of nitrogens with zero attached hydrogens (tertiary/aromatic N) is 2. The van der Waals surface area contributed by atoms with Gasteiger partial charge in [0, 0.05) is 29.3 Å². The van der Waals surface area contributed by atoms with E-state index in [4.69, 9.17) is 9.47 Å². The van der Waals surface area contributed by atoms with Crippen LogP contribution in [0.1, 0.15) is 123 Å². The van der Waals surface area contributed by atoms with Crippen molar-refractivity contribution in [3.05, 3.63) is 52.9 Å². The number of carboxylic acids is 1. The number of benzene rings is 1. The minimum Gasteiger partial charge on any atom is -0.497 e. The number of aliphatic hydroxyl groups excluding tert-OH is 1. The summed E-state index contributed by atoms with van der Waals surface area (Å²) in [5.41, 5.74) is 4.30. The van der Waals surface area contributed by atoms with E-state index in [9.17, 15) is 24.0 Å². The van der Waals surface area contributed by atoms with Crippen molar-refractivity contribution in [1.82, 2.24) is 15.0 Å². The van der Waals surface area contributed by atoms with E-state index in [2.05, 4.69) is 56.5 Å². The van der Waals surface area contributed by atoms with E-state index >= 15 is 0 Å². The second-order valence-electron chi connectivity index (χ2n) is 20.4. The Morgan fingerprint density at radius 3 is 2.34 bits per heavy atom. The Balaban J connectivity index is 0.000000188. The fourth-order valence-electron chi connectivity index (χ4n) is 13.0. The van der Waals surface area contributed by atoms with Crippen molar-refractivity contribution >= 4 is 33.6 Å². The highest BCUT2D eigenvalue weighted by molar-refractivity contribution is 7.84. The molecule has 10 nitrogen and oxygen atoms in total. The topological polar surface area (TPSA) is 152 Å². The van der Waals surface area contributed by atoms with Crippen LogP contribution in [0.3, 0.4) is 0 Å². The summed E-state index contributed by atoms with van der Waals surface area (Å²) in [6, 6.07) is 5.50. The molecule has 3 aromatic rings. The molecular weight excluding hydrogens is 751 g/mol. The first-order valence-electron chi connectivity index (χ1n) is 21.2. The van der Waals surface area contributed by atoms with Crippen molar-refractivity contribution in [2.24, 2.45) is 50.2 Å².